The average Bonchev–Trinajstić information content (AvgIpc) is 3.06. The molecule has 1 atom stereocenters. The largest absolute Gasteiger partial charge is 0.481 e. The number of aryl methyl sites for hydroxylation is 1. The van der Waals surface area contributed by atoms with E-state index in [4.69, 9.17) is 9.47 Å². The molecule has 0 radical (unpaired) electrons. The lowest BCUT2D eigenvalue weighted by Crippen LogP contribution is -2.29. The molecule has 3 rings (SSSR count). The number of esters is 1. The van der Waals surface area contributed by atoms with E-state index in [9.17, 15) is 9.59 Å². The van der Waals surface area contributed by atoms with Crippen LogP contribution in [-0.2, 0) is 4.74 Å². The molecule has 0 aliphatic carbocycles. The van der Waals surface area contributed by atoms with Gasteiger partial charge in [0.1, 0.15) is 5.75 Å². The number of aromatic nitrogens is 1. The van der Waals surface area contributed by atoms with Gasteiger partial charge in [-0.15, -0.1) is 0 Å². The number of hydrogen-bond donors (Lipinski definition) is 0. The number of carbonyl (C=O) groups is 2. The Hall–Kier alpha value is -3.08. The van der Waals surface area contributed by atoms with Gasteiger partial charge in [-0.1, -0.05) is 44.2 Å². The van der Waals surface area contributed by atoms with Crippen LogP contribution < -0.4 is 4.74 Å². The lowest BCUT2D eigenvalue weighted by molar-refractivity contribution is 0.0602. The molecule has 5 heteroatoms. The summed E-state index contributed by atoms with van der Waals surface area (Å²) in [5.41, 5.74) is 3.13. The summed E-state index contributed by atoms with van der Waals surface area (Å²) in [6, 6.07) is 13.3. The van der Waals surface area contributed by atoms with E-state index < -0.39 is 12.1 Å². The normalized spacial score (nSPS) is 12.2. The molecule has 0 amide bonds. The molecule has 0 bridgehead atoms. The maximum atomic E-state index is 13.1. The van der Waals surface area contributed by atoms with Crippen LogP contribution in [0.2, 0.25) is 0 Å². The smallest absolute Gasteiger partial charge is 0.340 e. The molecule has 0 saturated carbocycles. The molecular formula is C23H25NO4. The number of benzene rings is 2. The Kier molecular flexibility index (Phi) is 5.54. The van der Waals surface area contributed by atoms with Gasteiger partial charge in [0.25, 0.3) is 5.91 Å². The van der Waals surface area contributed by atoms with E-state index in [1.807, 2.05) is 37.3 Å². The Morgan fingerprint density at radius 1 is 1.04 bits per heavy atom. The quantitative estimate of drug-likeness (QED) is 0.588. The van der Waals surface area contributed by atoms with Gasteiger partial charge in [0.05, 0.1) is 18.2 Å². The van der Waals surface area contributed by atoms with Gasteiger partial charge >= 0.3 is 5.97 Å². The molecule has 1 aromatic heterocycles. The molecular weight excluding hydrogens is 354 g/mol. The molecule has 0 spiro atoms. The van der Waals surface area contributed by atoms with Crippen LogP contribution in [0.3, 0.4) is 0 Å². The first-order valence-electron chi connectivity index (χ1n) is 9.33. The summed E-state index contributed by atoms with van der Waals surface area (Å²) in [5, 5.41) is 0.674. The first-order valence-corrected chi connectivity index (χ1v) is 9.33. The fraction of sp³-hybridized carbons (Fsp3) is 0.304. The Balaban J connectivity index is 1.97. The predicted octanol–water partition coefficient (Wildman–Crippen LogP) is 4.97. The minimum Gasteiger partial charge on any atom is -0.481 e. The van der Waals surface area contributed by atoms with E-state index in [-0.39, 0.29) is 11.8 Å². The third-order valence-corrected chi connectivity index (χ3v) is 4.80. The van der Waals surface area contributed by atoms with E-state index >= 15 is 0 Å². The van der Waals surface area contributed by atoms with Crippen molar-refractivity contribution in [2.24, 2.45) is 0 Å². The highest BCUT2D eigenvalue weighted by molar-refractivity contribution is 6.07. The molecule has 0 aliphatic rings. The molecule has 0 saturated heterocycles. The van der Waals surface area contributed by atoms with E-state index in [0.29, 0.717) is 22.2 Å². The van der Waals surface area contributed by atoms with Crippen molar-refractivity contribution >= 4 is 22.8 Å². The van der Waals surface area contributed by atoms with E-state index in [1.165, 1.54) is 17.9 Å². The van der Waals surface area contributed by atoms with E-state index in [2.05, 4.69) is 13.8 Å². The van der Waals surface area contributed by atoms with Gasteiger partial charge in [-0.2, -0.15) is 0 Å². The van der Waals surface area contributed by atoms with Crippen molar-refractivity contribution in [3.63, 3.8) is 0 Å². The van der Waals surface area contributed by atoms with Gasteiger partial charge in [0.2, 0.25) is 0 Å². The molecule has 2 aromatic carbocycles. The predicted molar refractivity (Wildman–Crippen MR) is 109 cm³/mol. The molecule has 0 N–H and O–H groups in total. The second-order valence-corrected chi connectivity index (χ2v) is 7.22. The van der Waals surface area contributed by atoms with Gasteiger partial charge in [0, 0.05) is 11.6 Å². The van der Waals surface area contributed by atoms with Crippen LogP contribution in [0.1, 0.15) is 53.0 Å². The summed E-state index contributed by atoms with van der Waals surface area (Å²) >= 11 is 0. The summed E-state index contributed by atoms with van der Waals surface area (Å²) in [6.45, 7) is 7.89. The topological polar surface area (TPSA) is 57.5 Å². The fourth-order valence-electron chi connectivity index (χ4n) is 3.29. The summed E-state index contributed by atoms with van der Waals surface area (Å²) in [6.07, 6.45) is 0.804. The monoisotopic (exact) mass is 379 g/mol. The van der Waals surface area contributed by atoms with Crippen LogP contribution in [0.15, 0.2) is 48.7 Å². The lowest BCUT2D eigenvalue weighted by atomic mass is 10.0. The van der Waals surface area contributed by atoms with Crippen LogP contribution in [-0.4, -0.2) is 29.7 Å². The summed E-state index contributed by atoms with van der Waals surface area (Å²) in [5.74, 6) is 0.261. The van der Waals surface area contributed by atoms with Gasteiger partial charge in [-0.25, -0.2) is 4.79 Å². The SMILES string of the molecule is COC(=O)c1cn(C(=O)[C@H](C)Oc2cc(C)ccc2C(C)C)c2ccccc12. The first kappa shape index (κ1) is 19.7. The Morgan fingerprint density at radius 3 is 2.43 bits per heavy atom. The van der Waals surface area contributed by atoms with Crippen LogP contribution in [0.4, 0.5) is 0 Å². The second kappa shape index (κ2) is 7.89. The summed E-state index contributed by atoms with van der Waals surface area (Å²) < 4.78 is 12.4. The molecule has 28 heavy (non-hydrogen) atoms. The maximum absolute atomic E-state index is 13.1. The van der Waals surface area contributed by atoms with Crippen LogP contribution in [0.25, 0.3) is 10.9 Å². The molecule has 1 heterocycles. The van der Waals surface area contributed by atoms with Crippen molar-refractivity contribution in [2.45, 2.75) is 39.7 Å². The highest BCUT2D eigenvalue weighted by Crippen LogP contribution is 2.29. The lowest BCUT2D eigenvalue weighted by Gasteiger charge is -2.19. The molecule has 0 unspecified atom stereocenters. The number of methoxy groups -OCH3 is 1. The van der Waals surface area contributed by atoms with Gasteiger partial charge < -0.3 is 9.47 Å². The van der Waals surface area contributed by atoms with Crippen LogP contribution >= 0.6 is 0 Å². The molecule has 0 fully saturated rings. The van der Waals surface area contributed by atoms with Crippen molar-refractivity contribution in [1.29, 1.82) is 0 Å². The standard InChI is InChI=1S/C23H25NO4/c1-14(2)17-11-10-15(3)12-21(17)28-16(4)22(25)24-13-19(23(26)27-5)18-8-6-7-9-20(18)24/h6-14,16H,1-5H3/t16-/m0/s1. The average molecular weight is 379 g/mol. The zero-order chi connectivity index (χ0) is 20.4. The number of carbonyl (C=O) groups excluding carboxylic acids is 2. The van der Waals surface area contributed by atoms with Gasteiger partial charge in [-0.05, 0) is 43.0 Å². The number of ether oxygens (including phenoxy) is 2. The Bertz CT molecular complexity index is 1030. The zero-order valence-electron chi connectivity index (χ0n) is 16.9. The molecule has 3 aromatic rings. The molecule has 146 valence electrons. The number of para-hydroxylation sites is 1. The number of hydrogen-bond acceptors (Lipinski definition) is 4. The Labute approximate surface area is 164 Å². The second-order valence-electron chi connectivity index (χ2n) is 7.22. The third kappa shape index (κ3) is 3.65. The summed E-state index contributed by atoms with van der Waals surface area (Å²) in [4.78, 5) is 25.2. The highest BCUT2D eigenvalue weighted by atomic mass is 16.5. The zero-order valence-corrected chi connectivity index (χ0v) is 16.9. The van der Waals surface area contributed by atoms with Crippen molar-refractivity contribution in [3.8, 4) is 5.75 Å². The Morgan fingerprint density at radius 2 is 1.75 bits per heavy atom. The number of nitrogens with zero attached hydrogens (tertiary/aromatic N) is 1. The number of rotatable bonds is 5. The van der Waals surface area contributed by atoms with Crippen LogP contribution in [0.5, 0.6) is 5.75 Å². The minimum atomic E-state index is -0.722. The van der Waals surface area contributed by atoms with E-state index in [1.54, 1.807) is 19.1 Å². The van der Waals surface area contributed by atoms with Crippen molar-refractivity contribution in [2.75, 3.05) is 7.11 Å². The molecule has 0 aliphatic heterocycles. The van der Waals surface area contributed by atoms with E-state index in [0.717, 1.165) is 11.1 Å². The molecule has 5 nitrogen and oxygen atoms in total. The van der Waals surface area contributed by atoms with Crippen molar-refractivity contribution in [1.82, 2.24) is 4.57 Å². The van der Waals surface area contributed by atoms with Gasteiger partial charge in [0.15, 0.2) is 6.10 Å². The van der Waals surface area contributed by atoms with Crippen molar-refractivity contribution in [3.05, 3.63) is 65.4 Å². The van der Waals surface area contributed by atoms with Crippen molar-refractivity contribution < 1.29 is 19.1 Å². The highest BCUT2D eigenvalue weighted by Gasteiger charge is 2.24. The third-order valence-electron chi connectivity index (χ3n) is 4.80. The maximum Gasteiger partial charge on any atom is 0.340 e. The summed E-state index contributed by atoms with van der Waals surface area (Å²) in [7, 11) is 1.33. The van der Waals surface area contributed by atoms with Crippen LogP contribution in [0, 0.1) is 6.92 Å². The minimum absolute atomic E-state index is 0.248. The fourth-order valence-corrected chi connectivity index (χ4v) is 3.29. The van der Waals surface area contributed by atoms with Gasteiger partial charge in [-0.3, -0.25) is 9.36 Å². The number of fused-ring (bicyclic) bond motifs is 1. The first-order chi connectivity index (χ1) is 13.3.